The number of carbonyl (C=O) groups excluding carboxylic acids is 1. The monoisotopic (exact) mass is 242 g/mol. The zero-order valence-corrected chi connectivity index (χ0v) is 9.58. The van der Waals surface area contributed by atoms with Gasteiger partial charge in [0.25, 0.3) is 0 Å². The molecule has 1 rings (SSSR count). The average Bonchev–Trinajstić information content (AvgIpc) is 2.17. The lowest BCUT2D eigenvalue weighted by Crippen LogP contribution is -1.85. The molecule has 0 atom stereocenters. The topological polar surface area (TPSA) is 17.1 Å². The summed E-state index contributed by atoms with van der Waals surface area (Å²) in [4.78, 5) is 10.6. The lowest BCUT2D eigenvalue weighted by molar-refractivity contribution is -0.109. The van der Waals surface area contributed by atoms with Crippen LogP contribution in [0.2, 0.25) is 5.02 Å². The largest absolute Gasteiger partial charge is 0.288 e. The predicted octanol–water partition coefficient (Wildman–Crippen LogP) is 3.11. The van der Waals surface area contributed by atoms with Crippen molar-refractivity contribution in [1.29, 1.82) is 0 Å². The van der Waals surface area contributed by atoms with E-state index in [4.69, 9.17) is 11.6 Å². The van der Waals surface area contributed by atoms with Gasteiger partial charge in [-0.1, -0.05) is 35.2 Å². The van der Waals surface area contributed by atoms with E-state index < -0.39 is 5.82 Å². The Morgan fingerprint density at radius 1 is 1.60 bits per heavy atom. The number of thioether (sulfide) groups is 1. The lowest BCUT2D eigenvalue weighted by atomic mass is 10.2. The lowest BCUT2D eigenvalue weighted by Gasteiger charge is -1.94. The van der Waals surface area contributed by atoms with Crippen LogP contribution in [0.4, 0.5) is 4.39 Å². The molecule has 0 radical (unpaired) electrons. The van der Waals surface area contributed by atoms with E-state index in [-0.39, 0.29) is 10.7 Å². The summed E-state index contributed by atoms with van der Waals surface area (Å²) in [6.07, 6.45) is 0. The maximum absolute atomic E-state index is 13.1. The maximum atomic E-state index is 13.1. The fourth-order valence-corrected chi connectivity index (χ4v) is 1.38. The Morgan fingerprint density at radius 3 is 3.00 bits per heavy atom. The van der Waals surface area contributed by atoms with Crippen molar-refractivity contribution in [3.05, 3.63) is 34.6 Å². The Morgan fingerprint density at radius 2 is 2.33 bits per heavy atom. The number of carbonyl (C=O) groups is 1. The van der Waals surface area contributed by atoms with E-state index in [1.807, 2.05) is 0 Å². The van der Waals surface area contributed by atoms with E-state index in [1.165, 1.54) is 25.1 Å². The zero-order valence-electron chi connectivity index (χ0n) is 8.01. The molecule has 0 unspecified atom stereocenters. The van der Waals surface area contributed by atoms with Crippen LogP contribution >= 0.6 is 23.4 Å². The van der Waals surface area contributed by atoms with E-state index >= 15 is 0 Å². The van der Waals surface area contributed by atoms with Gasteiger partial charge in [0.1, 0.15) is 5.82 Å². The van der Waals surface area contributed by atoms with Gasteiger partial charge in [0.15, 0.2) is 5.12 Å². The second-order valence-electron chi connectivity index (χ2n) is 2.71. The van der Waals surface area contributed by atoms with Crippen molar-refractivity contribution in [3.63, 3.8) is 0 Å². The molecule has 4 heteroatoms. The molecule has 0 aliphatic carbocycles. The quantitative estimate of drug-likeness (QED) is 0.704. The van der Waals surface area contributed by atoms with Gasteiger partial charge >= 0.3 is 0 Å². The first kappa shape index (κ1) is 12.1. The Hall–Kier alpha value is -0.980. The van der Waals surface area contributed by atoms with E-state index in [9.17, 15) is 9.18 Å². The van der Waals surface area contributed by atoms with Gasteiger partial charge in [0.05, 0.1) is 11.3 Å². The van der Waals surface area contributed by atoms with Crippen LogP contribution in [0.15, 0.2) is 18.2 Å². The molecule has 0 heterocycles. The minimum atomic E-state index is -0.403. The molecule has 0 fully saturated rings. The minimum Gasteiger partial charge on any atom is -0.288 e. The first-order valence-electron chi connectivity index (χ1n) is 4.17. The fourth-order valence-electron chi connectivity index (χ4n) is 0.862. The molecule has 1 aromatic rings. The maximum Gasteiger partial charge on any atom is 0.186 e. The van der Waals surface area contributed by atoms with Gasteiger partial charge in [-0.15, -0.1) is 0 Å². The summed E-state index contributed by atoms with van der Waals surface area (Å²) >= 11 is 6.78. The normalized spacial score (nSPS) is 9.27. The van der Waals surface area contributed by atoms with Crippen molar-refractivity contribution in [2.24, 2.45) is 0 Å². The summed E-state index contributed by atoms with van der Waals surface area (Å²) < 4.78 is 13.1. The van der Waals surface area contributed by atoms with Crippen LogP contribution in [0.1, 0.15) is 12.5 Å². The standard InChI is InChI=1S/C11H8ClFOS/c1-8(14)15-6-2-3-9-7-10(12)4-5-11(9)13/h4-5,7H,6H2,1H3. The highest BCUT2D eigenvalue weighted by molar-refractivity contribution is 8.13. The van der Waals surface area contributed by atoms with Gasteiger partial charge in [-0.2, -0.15) is 0 Å². The van der Waals surface area contributed by atoms with Gasteiger partial charge in [0, 0.05) is 11.9 Å². The van der Waals surface area contributed by atoms with Crippen molar-refractivity contribution >= 4 is 28.5 Å². The molecule has 1 aromatic carbocycles. The number of benzene rings is 1. The second-order valence-corrected chi connectivity index (χ2v) is 4.29. The SMILES string of the molecule is CC(=O)SCC#Cc1cc(Cl)ccc1F. The molecule has 0 N–H and O–H groups in total. The van der Waals surface area contributed by atoms with Crippen molar-refractivity contribution in [3.8, 4) is 11.8 Å². The van der Waals surface area contributed by atoms with Crippen molar-refractivity contribution in [2.45, 2.75) is 6.92 Å². The molecule has 0 bridgehead atoms. The van der Waals surface area contributed by atoms with E-state index in [0.29, 0.717) is 10.8 Å². The predicted molar refractivity (Wildman–Crippen MR) is 61.4 cm³/mol. The van der Waals surface area contributed by atoms with Crippen LogP contribution in [-0.4, -0.2) is 10.9 Å². The van der Waals surface area contributed by atoms with Crippen LogP contribution < -0.4 is 0 Å². The van der Waals surface area contributed by atoms with Gasteiger partial charge in [-0.3, -0.25) is 4.79 Å². The summed E-state index contributed by atoms with van der Waals surface area (Å²) in [5.74, 6) is 5.28. The zero-order chi connectivity index (χ0) is 11.3. The molecule has 0 spiro atoms. The molecule has 0 amide bonds. The molecular weight excluding hydrogens is 235 g/mol. The third-order valence-corrected chi connectivity index (χ3v) is 2.43. The second kappa shape index (κ2) is 5.79. The smallest absolute Gasteiger partial charge is 0.186 e. The molecule has 0 saturated heterocycles. The molecular formula is C11H8ClFOS. The Labute approximate surface area is 97.0 Å². The number of hydrogen-bond acceptors (Lipinski definition) is 2. The van der Waals surface area contributed by atoms with Crippen molar-refractivity contribution in [2.75, 3.05) is 5.75 Å². The summed E-state index contributed by atoms with van der Waals surface area (Å²) in [5, 5.41) is 0.441. The molecule has 0 aromatic heterocycles. The highest BCUT2D eigenvalue weighted by Gasteiger charge is 1.98. The van der Waals surface area contributed by atoms with Gasteiger partial charge < -0.3 is 0 Å². The highest BCUT2D eigenvalue weighted by Crippen LogP contribution is 2.13. The third kappa shape index (κ3) is 4.37. The van der Waals surface area contributed by atoms with Crippen LogP contribution in [-0.2, 0) is 4.79 Å². The van der Waals surface area contributed by atoms with Gasteiger partial charge in [-0.25, -0.2) is 4.39 Å². The summed E-state index contributed by atoms with van der Waals surface area (Å²) in [5.41, 5.74) is 0.256. The molecule has 0 aliphatic heterocycles. The molecule has 15 heavy (non-hydrogen) atoms. The summed E-state index contributed by atoms with van der Waals surface area (Å²) in [7, 11) is 0. The Kier molecular flexibility index (Phi) is 4.67. The third-order valence-electron chi connectivity index (χ3n) is 1.50. The van der Waals surface area contributed by atoms with E-state index in [1.54, 1.807) is 0 Å². The van der Waals surface area contributed by atoms with Crippen molar-refractivity contribution in [1.82, 2.24) is 0 Å². The fraction of sp³-hybridized carbons (Fsp3) is 0.182. The molecule has 0 aliphatic rings. The molecule has 1 nitrogen and oxygen atoms in total. The first-order chi connectivity index (χ1) is 7.09. The minimum absolute atomic E-state index is 0.00383. The average molecular weight is 243 g/mol. The number of halogens is 2. The molecule has 78 valence electrons. The van der Waals surface area contributed by atoms with Gasteiger partial charge in [-0.05, 0) is 18.2 Å². The van der Waals surface area contributed by atoms with E-state index in [0.717, 1.165) is 11.8 Å². The first-order valence-corrected chi connectivity index (χ1v) is 5.53. The van der Waals surface area contributed by atoms with Crippen LogP contribution in [0.5, 0.6) is 0 Å². The van der Waals surface area contributed by atoms with Crippen LogP contribution in [0.3, 0.4) is 0 Å². The number of rotatable bonds is 1. The van der Waals surface area contributed by atoms with Gasteiger partial charge in [0.2, 0.25) is 0 Å². The Bertz CT molecular complexity index is 434. The summed E-state index contributed by atoms with van der Waals surface area (Å²) in [6.45, 7) is 1.46. The Balaban J connectivity index is 2.71. The molecule has 0 saturated carbocycles. The summed E-state index contributed by atoms with van der Waals surface area (Å²) in [6, 6.07) is 4.19. The number of hydrogen-bond donors (Lipinski definition) is 0. The highest BCUT2D eigenvalue weighted by atomic mass is 35.5. The van der Waals surface area contributed by atoms with Crippen LogP contribution in [0.25, 0.3) is 0 Å². The van der Waals surface area contributed by atoms with Crippen molar-refractivity contribution < 1.29 is 9.18 Å². The van der Waals surface area contributed by atoms with E-state index in [2.05, 4.69) is 11.8 Å². The van der Waals surface area contributed by atoms with Crippen LogP contribution in [0, 0.1) is 17.7 Å².